The molecule has 0 bridgehead atoms. The number of benzene rings is 14. The van der Waals surface area contributed by atoms with Gasteiger partial charge >= 0.3 is 0 Å². The first kappa shape index (κ1) is 52.7. The fourth-order valence-corrected chi connectivity index (χ4v) is 17.9. The summed E-state index contributed by atoms with van der Waals surface area (Å²) in [5, 5.41) is 12.2. The van der Waals surface area contributed by atoms with Gasteiger partial charge in [0, 0.05) is 87.4 Å². The fourth-order valence-electron chi connectivity index (χ4n) is 17.9. The van der Waals surface area contributed by atoms with Crippen LogP contribution in [0.5, 0.6) is 0 Å². The van der Waals surface area contributed by atoms with E-state index in [0.29, 0.717) is 0 Å². The molecule has 19 aromatic rings. The Balaban J connectivity index is 0.864. The molecule has 95 heavy (non-hydrogen) atoms. The molecule has 0 radical (unpaired) electrons. The van der Waals surface area contributed by atoms with Gasteiger partial charge in [-0.2, -0.15) is 0 Å². The second kappa shape index (κ2) is 18.9. The molecule has 14 aromatic carbocycles. The van der Waals surface area contributed by atoms with Crippen LogP contribution in [-0.2, 0) is 10.8 Å². The number of hydrogen-bond acceptors (Lipinski definition) is 1. The zero-order valence-electron chi connectivity index (χ0n) is 52.9. The lowest BCUT2D eigenvalue weighted by Gasteiger charge is -2.24. The first-order chi connectivity index (χ1) is 46.7. The smallest absolute Gasteiger partial charge is 0.135 e. The van der Waals surface area contributed by atoms with Crippen molar-refractivity contribution in [3.05, 3.63) is 313 Å². The normalized spacial score (nSPS) is 13.9. The Morgan fingerprint density at radius 3 is 1.27 bits per heavy atom. The molecule has 5 heteroatoms. The topological polar surface area (TPSA) is 32.9 Å². The van der Waals surface area contributed by atoms with Crippen LogP contribution < -0.4 is 0 Å². The van der Waals surface area contributed by atoms with Gasteiger partial charge in [0.1, 0.15) is 11.2 Å². The van der Waals surface area contributed by atoms with Crippen molar-refractivity contribution < 1.29 is 4.42 Å². The Kier molecular flexibility index (Phi) is 10.5. The summed E-state index contributed by atoms with van der Waals surface area (Å²) >= 11 is 0. The first-order valence-corrected chi connectivity index (χ1v) is 33.2. The zero-order valence-corrected chi connectivity index (χ0v) is 52.9. The van der Waals surface area contributed by atoms with Crippen LogP contribution in [0.25, 0.3) is 176 Å². The molecule has 5 aromatic heterocycles. The predicted octanol–water partition coefficient (Wildman–Crippen LogP) is 23.9. The molecular formula is C90H60N4O. The van der Waals surface area contributed by atoms with E-state index in [9.17, 15) is 0 Å². The summed E-state index contributed by atoms with van der Waals surface area (Å²) in [7, 11) is 0. The van der Waals surface area contributed by atoms with E-state index in [1.165, 1.54) is 137 Å². The van der Waals surface area contributed by atoms with Gasteiger partial charge in [-0.05, 0) is 152 Å². The van der Waals surface area contributed by atoms with Gasteiger partial charge in [0.2, 0.25) is 0 Å². The maximum atomic E-state index is 6.49. The molecule has 0 unspecified atom stereocenters. The van der Waals surface area contributed by atoms with Gasteiger partial charge < -0.3 is 22.7 Å². The molecule has 2 aliphatic carbocycles. The van der Waals surface area contributed by atoms with Crippen molar-refractivity contribution in [2.24, 2.45) is 0 Å². The standard InChI is InChI=1S/C90H60N4O/c1-89(2)70-37-18-12-32-63(70)78-80-67-48-44-56(51-74(67)92(58-45-42-54(43-46-58)53-24-7-5-8-25-53)85(80)81-65-34-14-20-39-72(65)91(87(81)83(78)89)57-27-9-6-10-28-57)55-26-23-29-59(50-55)94-73-40-21-15-35-66(73)82-86-79(77-62-31-11-17-36-69(62)90(3,4)84(77)88(82)94)64-33-13-19-38-71(64)93(86)60-47-49-76-68(52-60)61-30-16-22-41-75(61)95-76/h5-52H,1-4H3. The van der Waals surface area contributed by atoms with Crippen LogP contribution in [0.1, 0.15) is 49.9 Å². The number of para-hydroxylation sites is 5. The SMILES string of the molecule is CC1(C)c2ccccc2-c2c1c1c(c3ccccc3n1-c1cccc(-c3ccc4c5c6c(c7c(c8ccccc8n7-c7ccccc7)c5n(-c5ccc(-c7ccccc7)cc5)c4c3)C(C)(C)c3ccccc3-6)c1)c1c2c2ccccc2n1-c1ccc2oc3ccccc3c2c1. The molecule has 5 nitrogen and oxygen atoms in total. The minimum atomic E-state index is -0.355. The molecule has 446 valence electrons. The molecule has 0 saturated heterocycles. The maximum Gasteiger partial charge on any atom is 0.135 e. The predicted molar refractivity (Wildman–Crippen MR) is 397 cm³/mol. The van der Waals surface area contributed by atoms with Crippen molar-refractivity contribution in [1.82, 2.24) is 18.3 Å². The van der Waals surface area contributed by atoms with Gasteiger partial charge in [-0.25, -0.2) is 0 Å². The summed E-state index contributed by atoms with van der Waals surface area (Å²) in [4.78, 5) is 0. The van der Waals surface area contributed by atoms with E-state index >= 15 is 0 Å². The summed E-state index contributed by atoms with van der Waals surface area (Å²) in [6, 6.07) is 109. The molecule has 0 amide bonds. The second-order valence-electron chi connectivity index (χ2n) is 27.4. The average Bonchev–Trinajstić information content (AvgIpc) is 1.51. The molecule has 0 spiro atoms. The van der Waals surface area contributed by atoms with E-state index in [0.717, 1.165) is 61.3 Å². The lowest BCUT2D eigenvalue weighted by Crippen LogP contribution is -2.16. The molecule has 0 N–H and O–H groups in total. The van der Waals surface area contributed by atoms with Crippen molar-refractivity contribution in [3.8, 4) is 67.3 Å². The van der Waals surface area contributed by atoms with Crippen molar-refractivity contribution in [2.45, 2.75) is 38.5 Å². The molecule has 5 heterocycles. The minimum absolute atomic E-state index is 0.317. The molecule has 0 atom stereocenters. The van der Waals surface area contributed by atoms with Gasteiger partial charge in [0.25, 0.3) is 0 Å². The van der Waals surface area contributed by atoms with E-state index in [2.05, 4.69) is 337 Å². The minimum Gasteiger partial charge on any atom is -0.456 e. The Bertz CT molecular complexity index is 6560. The average molecular weight is 1210 g/mol. The quantitative estimate of drug-likeness (QED) is 0.163. The molecule has 0 aliphatic heterocycles. The monoisotopic (exact) mass is 1210 g/mol. The van der Waals surface area contributed by atoms with Crippen molar-refractivity contribution in [2.75, 3.05) is 0 Å². The van der Waals surface area contributed by atoms with Crippen molar-refractivity contribution in [3.63, 3.8) is 0 Å². The molecule has 0 saturated carbocycles. The van der Waals surface area contributed by atoms with Crippen LogP contribution in [-0.4, -0.2) is 18.3 Å². The lowest BCUT2D eigenvalue weighted by molar-refractivity contribution is 0.664. The largest absolute Gasteiger partial charge is 0.456 e. The summed E-state index contributed by atoms with van der Waals surface area (Å²) in [5.41, 5.74) is 30.5. The summed E-state index contributed by atoms with van der Waals surface area (Å²) in [5.74, 6) is 0. The highest BCUT2D eigenvalue weighted by molar-refractivity contribution is 6.34. The first-order valence-electron chi connectivity index (χ1n) is 33.2. The van der Waals surface area contributed by atoms with Gasteiger partial charge in [-0.1, -0.05) is 234 Å². The summed E-state index contributed by atoms with van der Waals surface area (Å²) < 4.78 is 16.8. The highest BCUT2D eigenvalue weighted by Gasteiger charge is 2.44. The van der Waals surface area contributed by atoms with Gasteiger partial charge in [-0.15, -0.1) is 0 Å². The van der Waals surface area contributed by atoms with Crippen LogP contribution in [0.3, 0.4) is 0 Å². The number of furan rings is 1. The highest BCUT2D eigenvalue weighted by atomic mass is 16.3. The lowest BCUT2D eigenvalue weighted by atomic mass is 9.81. The zero-order chi connectivity index (χ0) is 62.7. The van der Waals surface area contributed by atoms with Crippen molar-refractivity contribution >= 4 is 109 Å². The summed E-state index contributed by atoms with van der Waals surface area (Å²) in [6.45, 7) is 9.78. The van der Waals surface area contributed by atoms with Crippen molar-refractivity contribution in [1.29, 1.82) is 0 Å². The van der Waals surface area contributed by atoms with E-state index < -0.39 is 0 Å². The molecular weight excluding hydrogens is 1150 g/mol. The molecule has 0 fully saturated rings. The van der Waals surface area contributed by atoms with Gasteiger partial charge in [0.05, 0.1) is 44.1 Å². The number of fused-ring (bicyclic) bond motifs is 27. The Labute approximate surface area is 547 Å². The molecule has 2 aliphatic rings. The van der Waals surface area contributed by atoms with Gasteiger partial charge in [0.15, 0.2) is 0 Å². The van der Waals surface area contributed by atoms with E-state index in [1.54, 1.807) is 0 Å². The second-order valence-corrected chi connectivity index (χ2v) is 27.4. The van der Waals surface area contributed by atoms with E-state index in [-0.39, 0.29) is 10.8 Å². The van der Waals surface area contributed by atoms with Gasteiger partial charge in [-0.3, -0.25) is 0 Å². The van der Waals surface area contributed by atoms with Crippen LogP contribution in [0, 0.1) is 0 Å². The maximum absolute atomic E-state index is 6.49. The molecule has 21 rings (SSSR count). The Morgan fingerprint density at radius 1 is 0.253 bits per heavy atom. The Morgan fingerprint density at radius 2 is 0.653 bits per heavy atom. The number of rotatable bonds is 6. The number of nitrogens with zero attached hydrogens (tertiary/aromatic N) is 4. The highest BCUT2D eigenvalue weighted by Crippen LogP contribution is 2.61. The van der Waals surface area contributed by atoms with Crippen LogP contribution >= 0.6 is 0 Å². The van der Waals surface area contributed by atoms with Crippen LogP contribution in [0.4, 0.5) is 0 Å². The number of hydrogen-bond donors (Lipinski definition) is 0. The van der Waals surface area contributed by atoms with Crippen LogP contribution in [0.2, 0.25) is 0 Å². The Hall–Kier alpha value is -11.9. The third-order valence-electron chi connectivity index (χ3n) is 21.8. The van der Waals surface area contributed by atoms with E-state index in [1.807, 2.05) is 0 Å². The number of aromatic nitrogens is 4. The fraction of sp³-hybridized carbons (Fsp3) is 0.0667. The third kappa shape index (κ3) is 6.91. The van der Waals surface area contributed by atoms with Crippen LogP contribution in [0.15, 0.2) is 296 Å². The summed E-state index contributed by atoms with van der Waals surface area (Å²) in [6.07, 6.45) is 0. The third-order valence-corrected chi connectivity index (χ3v) is 21.8. The van der Waals surface area contributed by atoms with E-state index in [4.69, 9.17) is 4.42 Å².